The number of phenolic OH excluding ortho intramolecular Hbond substituents is 1. The number of benzene rings is 1. The van der Waals surface area contributed by atoms with Crippen LogP contribution in [0.3, 0.4) is 0 Å². The second-order valence-corrected chi connectivity index (χ2v) is 5.42. The molecule has 2 rings (SSSR count). The molecule has 4 nitrogen and oxygen atoms in total. The zero-order valence-electron chi connectivity index (χ0n) is 11.5. The van der Waals surface area contributed by atoms with Crippen molar-refractivity contribution in [2.24, 2.45) is 0 Å². The van der Waals surface area contributed by atoms with Crippen LogP contribution in [0.5, 0.6) is 5.75 Å². The van der Waals surface area contributed by atoms with Gasteiger partial charge in [0.25, 0.3) is 5.91 Å². The van der Waals surface area contributed by atoms with Crippen LogP contribution in [0.25, 0.3) is 0 Å². The predicted molar refractivity (Wildman–Crippen MR) is 82.9 cm³/mol. The molecule has 0 radical (unpaired) electrons. The molecule has 110 valence electrons. The Hall–Kier alpha value is -1.78. The molecule has 1 N–H and O–H groups in total. The molecule has 6 heteroatoms. The maximum absolute atomic E-state index is 12.5. The lowest BCUT2D eigenvalue weighted by atomic mass is 10.1. The minimum atomic E-state index is -0.345. The summed E-state index contributed by atoms with van der Waals surface area (Å²) in [7, 11) is 1.65. The predicted octanol–water partition coefficient (Wildman–Crippen LogP) is 3.93. The van der Waals surface area contributed by atoms with Gasteiger partial charge in [-0.25, -0.2) is 0 Å². The minimum Gasteiger partial charge on any atom is -0.505 e. The van der Waals surface area contributed by atoms with Crippen LogP contribution >= 0.6 is 23.2 Å². The topological polar surface area (TPSA) is 53.4 Å². The van der Waals surface area contributed by atoms with E-state index in [2.05, 4.69) is 4.98 Å². The van der Waals surface area contributed by atoms with Gasteiger partial charge in [0.1, 0.15) is 10.8 Å². The standard InChI is InChI=1S/C15H14Cl2N2O2/c1-9(10-4-3-7-18-8-10)19(2)15(21)11-5-6-12(16)13(17)14(11)20/h3-9,20H,1-2H3. The summed E-state index contributed by atoms with van der Waals surface area (Å²) in [4.78, 5) is 18.0. The summed E-state index contributed by atoms with van der Waals surface area (Å²) in [5.74, 6) is -0.651. The lowest BCUT2D eigenvalue weighted by molar-refractivity contribution is 0.0739. The third kappa shape index (κ3) is 3.12. The Morgan fingerprint density at radius 1 is 1.33 bits per heavy atom. The summed E-state index contributed by atoms with van der Waals surface area (Å²) in [5, 5.41) is 10.2. The highest BCUT2D eigenvalue weighted by atomic mass is 35.5. The normalized spacial score (nSPS) is 12.0. The van der Waals surface area contributed by atoms with Crippen LogP contribution in [0.2, 0.25) is 10.0 Å². The van der Waals surface area contributed by atoms with Gasteiger partial charge in [-0.05, 0) is 30.7 Å². The van der Waals surface area contributed by atoms with E-state index in [1.165, 1.54) is 17.0 Å². The highest BCUT2D eigenvalue weighted by Gasteiger charge is 2.23. The maximum atomic E-state index is 12.5. The number of halogens is 2. The van der Waals surface area contributed by atoms with Gasteiger partial charge < -0.3 is 10.0 Å². The fourth-order valence-electron chi connectivity index (χ4n) is 1.93. The molecule has 1 unspecified atom stereocenters. The minimum absolute atomic E-state index is 0.0232. The van der Waals surface area contributed by atoms with Gasteiger partial charge in [0, 0.05) is 19.4 Å². The molecule has 1 amide bonds. The lowest BCUT2D eigenvalue weighted by Crippen LogP contribution is -2.29. The van der Waals surface area contributed by atoms with Gasteiger partial charge in [-0.3, -0.25) is 9.78 Å². The molecule has 1 aromatic heterocycles. The van der Waals surface area contributed by atoms with Gasteiger partial charge in [0.15, 0.2) is 0 Å². The van der Waals surface area contributed by atoms with Crippen molar-refractivity contribution in [1.29, 1.82) is 0 Å². The molecular weight excluding hydrogens is 311 g/mol. The van der Waals surface area contributed by atoms with Crippen LogP contribution in [0.15, 0.2) is 36.7 Å². The number of hydrogen-bond acceptors (Lipinski definition) is 3. The average molecular weight is 325 g/mol. The Labute approximate surface area is 132 Å². The quantitative estimate of drug-likeness (QED) is 0.930. The van der Waals surface area contributed by atoms with E-state index in [1.54, 1.807) is 25.5 Å². The third-order valence-corrected chi connectivity index (χ3v) is 4.16. The van der Waals surface area contributed by atoms with E-state index in [0.717, 1.165) is 5.56 Å². The Balaban J connectivity index is 2.30. The number of pyridine rings is 1. The first-order chi connectivity index (χ1) is 9.93. The van der Waals surface area contributed by atoms with Gasteiger partial charge in [-0.1, -0.05) is 29.3 Å². The Morgan fingerprint density at radius 2 is 2.05 bits per heavy atom. The summed E-state index contributed by atoms with van der Waals surface area (Å²) in [6.07, 6.45) is 3.37. The van der Waals surface area contributed by atoms with E-state index < -0.39 is 0 Å². The van der Waals surface area contributed by atoms with Crippen molar-refractivity contribution in [1.82, 2.24) is 9.88 Å². The highest BCUT2D eigenvalue weighted by Crippen LogP contribution is 2.35. The Morgan fingerprint density at radius 3 is 2.67 bits per heavy atom. The molecule has 1 heterocycles. The average Bonchev–Trinajstić information content (AvgIpc) is 2.51. The highest BCUT2D eigenvalue weighted by molar-refractivity contribution is 6.43. The van der Waals surface area contributed by atoms with Crippen LogP contribution < -0.4 is 0 Å². The first-order valence-corrected chi connectivity index (χ1v) is 7.03. The summed E-state index contributed by atoms with van der Waals surface area (Å²) >= 11 is 11.7. The number of amides is 1. The SMILES string of the molecule is CC(c1cccnc1)N(C)C(=O)c1ccc(Cl)c(Cl)c1O. The first-order valence-electron chi connectivity index (χ1n) is 6.27. The second kappa shape index (κ2) is 6.33. The van der Waals surface area contributed by atoms with E-state index in [-0.39, 0.29) is 33.3 Å². The van der Waals surface area contributed by atoms with Crippen LogP contribution in [0.1, 0.15) is 28.9 Å². The zero-order chi connectivity index (χ0) is 15.6. The van der Waals surface area contributed by atoms with Crippen LogP contribution in [0.4, 0.5) is 0 Å². The van der Waals surface area contributed by atoms with Crippen LogP contribution in [-0.2, 0) is 0 Å². The van der Waals surface area contributed by atoms with E-state index in [4.69, 9.17) is 23.2 Å². The monoisotopic (exact) mass is 324 g/mol. The molecule has 0 spiro atoms. The van der Waals surface area contributed by atoms with Gasteiger partial charge >= 0.3 is 0 Å². The van der Waals surface area contributed by atoms with Gasteiger partial charge in [-0.2, -0.15) is 0 Å². The fraction of sp³-hybridized carbons (Fsp3) is 0.200. The Kier molecular flexibility index (Phi) is 4.70. The van der Waals surface area contributed by atoms with Crippen LogP contribution in [0, 0.1) is 0 Å². The van der Waals surface area contributed by atoms with E-state index in [0.29, 0.717) is 0 Å². The molecule has 0 aliphatic carbocycles. The molecule has 21 heavy (non-hydrogen) atoms. The largest absolute Gasteiger partial charge is 0.505 e. The number of aromatic nitrogens is 1. The zero-order valence-corrected chi connectivity index (χ0v) is 13.1. The lowest BCUT2D eigenvalue weighted by Gasteiger charge is -2.25. The molecular formula is C15H14Cl2N2O2. The molecule has 0 aliphatic rings. The van der Waals surface area contributed by atoms with Crippen LogP contribution in [-0.4, -0.2) is 27.9 Å². The molecule has 1 atom stereocenters. The first kappa shape index (κ1) is 15.6. The second-order valence-electron chi connectivity index (χ2n) is 4.64. The third-order valence-electron chi connectivity index (χ3n) is 3.37. The number of rotatable bonds is 3. The summed E-state index contributed by atoms with van der Waals surface area (Å²) in [6.45, 7) is 1.88. The van der Waals surface area contributed by atoms with E-state index in [1.807, 2.05) is 13.0 Å². The van der Waals surface area contributed by atoms with E-state index in [9.17, 15) is 9.90 Å². The fourth-order valence-corrected chi connectivity index (χ4v) is 2.24. The smallest absolute Gasteiger partial charge is 0.257 e. The van der Waals surface area contributed by atoms with Gasteiger partial charge in [-0.15, -0.1) is 0 Å². The molecule has 1 aromatic carbocycles. The molecule has 0 saturated carbocycles. The number of aromatic hydroxyl groups is 1. The Bertz CT molecular complexity index is 662. The number of hydrogen-bond donors (Lipinski definition) is 1. The van der Waals surface area contributed by atoms with Crippen molar-refractivity contribution in [3.63, 3.8) is 0 Å². The van der Waals surface area contributed by atoms with Crippen molar-refractivity contribution in [3.05, 3.63) is 57.8 Å². The summed E-state index contributed by atoms with van der Waals surface area (Å²) in [5.41, 5.74) is 1.01. The summed E-state index contributed by atoms with van der Waals surface area (Å²) < 4.78 is 0. The van der Waals surface area contributed by atoms with E-state index >= 15 is 0 Å². The molecule has 0 saturated heterocycles. The molecule has 0 bridgehead atoms. The molecule has 0 aliphatic heterocycles. The number of carbonyl (C=O) groups excluding carboxylic acids is 1. The van der Waals surface area contributed by atoms with Crippen molar-refractivity contribution >= 4 is 29.1 Å². The number of carbonyl (C=O) groups is 1. The van der Waals surface area contributed by atoms with Crippen molar-refractivity contribution in [3.8, 4) is 5.75 Å². The number of phenols is 1. The molecule has 2 aromatic rings. The summed E-state index contributed by atoms with van der Waals surface area (Å²) in [6, 6.07) is 6.44. The molecule has 0 fully saturated rings. The van der Waals surface area contributed by atoms with Crippen molar-refractivity contribution < 1.29 is 9.90 Å². The van der Waals surface area contributed by atoms with Crippen molar-refractivity contribution in [2.75, 3.05) is 7.05 Å². The number of nitrogens with zero attached hydrogens (tertiary/aromatic N) is 2. The maximum Gasteiger partial charge on any atom is 0.257 e. The van der Waals surface area contributed by atoms with Gasteiger partial charge in [0.2, 0.25) is 0 Å². The van der Waals surface area contributed by atoms with Gasteiger partial charge in [0.05, 0.1) is 16.6 Å². The van der Waals surface area contributed by atoms with Crippen molar-refractivity contribution in [2.45, 2.75) is 13.0 Å².